The topological polar surface area (TPSA) is 101 Å². The Kier molecular flexibility index (Phi) is 4.98. The summed E-state index contributed by atoms with van der Waals surface area (Å²) in [6.07, 6.45) is 3.45. The van der Waals surface area contributed by atoms with Crippen molar-refractivity contribution >= 4 is 39.3 Å². The van der Waals surface area contributed by atoms with Crippen molar-refractivity contribution in [2.45, 2.75) is 25.8 Å². The summed E-state index contributed by atoms with van der Waals surface area (Å²) in [4.78, 5) is 34.0. The van der Waals surface area contributed by atoms with Crippen LogP contribution in [-0.4, -0.2) is 32.2 Å². The molecule has 9 heteroatoms. The van der Waals surface area contributed by atoms with Gasteiger partial charge in [0.25, 0.3) is 0 Å². The standard InChI is InChI=1S/C26H26N6O3/c1-16-13-18(15-22-23(16)30(2)26(34)35-22)28-17-5-3-6-20(14-17)31-11-8-19(9-12-31)32-21-7-4-10-27-24(21)29-25(32)33/h3-7,10,13-15,19,28H,8-9,11-12H2,1-2H3,(H,27,29,33). The van der Waals surface area contributed by atoms with Crippen LogP contribution in [0.2, 0.25) is 0 Å². The zero-order valence-corrected chi connectivity index (χ0v) is 19.6. The second-order valence-corrected chi connectivity index (χ2v) is 9.13. The molecule has 1 aliphatic rings. The number of rotatable bonds is 4. The minimum atomic E-state index is -0.364. The van der Waals surface area contributed by atoms with E-state index >= 15 is 0 Å². The van der Waals surface area contributed by atoms with Crippen LogP contribution in [0.3, 0.4) is 0 Å². The van der Waals surface area contributed by atoms with Crippen LogP contribution in [0.4, 0.5) is 17.1 Å². The van der Waals surface area contributed by atoms with Gasteiger partial charge in [0.05, 0.1) is 11.0 Å². The highest BCUT2D eigenvalue weighted by molar-refractivity contribution is 5.82. The van der Waals surface area contributed by atoms with Crippen molar-refractivity contribution in [3.8, 4) is 0 Å². The fourth-order valence-corrected chi connectivity index (χ4v) is 5.23. The third-order valence-electron chi connectivity index (χ3n) is 6.89. The van der Waals surface area contributed by atoms with Crippen LogP contribution >= 0.6 is 0 Å². The molecule has 0 radical (unpaired) electrons. The minimum Gasteiger partial charge on any atom is -0.408 e. The van der Waals surface area contributed by atoms with Gasteiger partial charge in [0.1, 0.15) is 0 Å². The molecule has 178 valence electrons. The fourth-order valence-electron chi connectivity index (χ4n) is 5.23. The number of nitrogens with zero attached hydrogens (tertiary/aromatic N) is 4. The van der Waals surface area contributed by atoms with E-state index in [9.17, 15) is 9.59 Å². The number of fused-ring (bicyclic) bond motifs is 2. The quantitative estimate of drug-likeness (QED) is 0.411. The highest BCUT2D eigenvalue weighted by atomic mass is 16.4. The molecule has 35 heavy (non-hydrogen) atoms. The zero-order valence-electron chi connectivity index (χ0n) is 19.6. The van der Waals surface area contributed by atoms with Crippen LogP contribution in [0.5, 0.6) is 0 Å². The SMILES string of the molecule is Cc1cc(Nc2cccc(N3CCC(n4c(=O)[nH]c5ncccc54)CC3)c2)cc2oc(=O)n(C)c12. The smallest absolute Gasteiger partial charge is 0.408 e. The lowest BCUT2D eigenvalue weighted by Crippen LogP contribution is -2.37. The predicted octanol–water partition coefficient (Wildman–Crippen LogP) is 4.06. The van der Waals surface area contributed by atoms with Gasteiger partial charge in [-0.2, -0.15) is 0 Å². The molecule has 1 fully saturated rings. The first-order valence-electron chi connectivity index (χ1n) is 11.8. The number of benzene rings is 2. The molecule has 0 bridgehead atoms. The summed E-state index contributed by atoms with van der Waals surface area (Å²) in [6, 6.07) is 16.1. The lowest BCUT2D eigenvalue weighted by molar-refractivity contribution is 0.396. The Morgan fingerprint density at radius 1 is 1.06 bits per heavy atom. The number of aromatic amines is 1. The Balaban J connectivity index is 1.20. The molecule has 2 aromatic carbocycles. The van der Waals surface area contributed by atoms with Crippen LogP contribution in [0.25, 0.3) is 22.3 Å². The van der Waals surface area contributed by atoms with Crippen LogP contribution in [0.15, 0.2) is 68.7 Å². The Morgan fingerprint density at radius 3 is 2.71 bits per heavy atom. The molecule has 0 amide bonds. The molecule has 0 aliphatic carbocycles. The van der Waals surface area contributed by atoms with Gasteiger partial charge >= 0.3 is 11.4 Å². The summed E-state index contributed by atoms with van der Waals surface area (Å²) >= 11 is 0. The van der Waals surface area contributed by atoms with Gasteiger partial charge in [0.15, 0.2) is 11.2 Å². The summed E-state index contributed by atoms with van der Waals surface area (Å²) in [5.74, 6) is -0.364. The van der Waals surface area contributed by atoms with E-state index in [1.165, 1.54) is 4.57 Å². The predicted molar refractivity (Wildman–Crippen MR) is 137 cm³/mol. The second-order valence-electron chi connectivity index (χ2n) is 9.13. The van der Waals surface area contributed by atoms with Crippen molar-refractivity contribution in [3.05, 3.63) is 81.3 Å². The molecule has 9 nitrogen and oxygen atoms in total. The number of aryl methyl sites for hydroxylation is 2. The zero-order chi connectivity index (χ0) is 24.1. The molecule has 1 aliphatic heterocycles. The van der Waals surface area contributed by atoms with Crippen LogP contribution in [0.1, 0.15) is 24.4 Å². The van der Waals surface area contributed by atoms with E-state index in [1.54, 1.807) is 13.2 Å². The minimum absolute atomic E-state index is 0.0927. The second kappa shape index (κ2) is 8.19. The van der Waals surface area contributed by atoms with Crippen LogP contribution in [-0.2, 0) is 7.05 Å². The number of nitrogens with one attached hydrogen (secondary N) is 2. The Bertz CT molecular complexity index is 1670. The highest BCUT2D eigenvalue weighted by Crippen LogP contribution is 2.30. The normalized spacial score (nSPS) is 14.7. The average Bonchev–Trinajstić information content (AvgIpc) is 3.34. The molecular weight excluding hydrogens is 444 g/mol. The van der Waals surface area contributed by atoms with E-state index in [4.69, 9.17) is 4.42 Å². The number of hydrogen-bond donors (Lipinski definition) is 2. The largest absolute Gasteiger partial charge is 0.419 e. The van der Waals surface area contributed by atoms with Crippen molar-refractivity contribution in [1.29, 1.82) is 0 Å². The summed E-state index contributed by atoms with van der Waals surface area (Å²) < 4.78 is 8.77. The number of piperidine rings is 1. The van der Waals surface area contributed by atoms with Gasteiger partial charge in [-0.1, -0.05) is 6.07 Å². The van der Waals surface area contributed by atoms with Crippen molar-refractivity contribution in [3.63, 3.8) is 0 Å². The first-order chi connectivity index (χ1) is 17.0. The van der Waals surface area contributed by atoms with Crippen molar-refractivity contribution in [1.82, 2.24) is 19.1 Å². The Hall–Kier alpha value is -4.27. The van der Waals surface area contributed by atoms with Crippen LogP contribution in [0, 0.1) is 6.92 Å². The molecule has 2 N–H and O–H groups in total. The third-order valence-corrected chi connectivity index (χ3v) is 6.89. The van der Waals surface area contributed by atoms with E-state index in [0.29, 0.717) is 11.2 Å². The van der Waals surface area contributed by atoms with Crippen molar-refractivity contribution in [2.24, 2.45) is 7.05 Å². The first-order valence-corrected chi connectivity index (χ1v) is 11.8. The number of aromatic nitrogens is 4. The summed E-state index contributed by atoms with van der Waals surface area (Å²) in [5, 5.41) is 3.45. The molecule has 6 rings (SSSR count). The maximum atomic E-state index is 12.6. The van der Waals surface area contributed by atoms with E-state index in [0.717, 1.165) is 59.6 Å². The molecule has 0 unspecified atom stereocenters. The van der Waals surface area contributed by atoms with E-state index in [1.807, 2.05) is 47.9 Å². The number of imidazole rings is 1. The Morgan fingerprint density at radius 2 is 1.89 bits per heavy atom. The maximum absolute atomic E-state index is 12.6. The van der Waals surface area contributed by atoms with Gasteiger partial charge in [-0.15, -0.1) is 0 Å². The molecule has 3 aromatic heterocycles. The van der Waals surface area contributed by atoms with Gasteiger partial charge in [-0.3, -0.25) is 14.1 Å². The summed E-state index contributed by atoms with van der Waals surface area (Å²) in [5.41, 5.74) is 6.72. The first kappa shape index (κ1) is 21.3. The number of oxazole rings is 1. The molecule has 5 aromatic rings. The number of hydrogen-bond acceptors (Lipinski definition) is 6. The average molecular weight is 471 g/mol. The third kappa shape index (κ3) is 3.69. The van der Waals surface area contributed by atoms with E-state index in [-0.39, 0.29) is 17.5 Å². The lowest BCUT2D eigenvalue weighted by atomic mass is 10.0. The fraction of sp³-hybridized carbons (Fsp3) is 0.269. The molecule has 0 atom stereocenters. The van der Waals surface area contributed by atoms with Gasteiger partial charge < -0.3 is 14.6 Å². The molecule has 4 heterocycles. The van der Waals surface area contributed by atoms with Crippen LogP contribution < -0.4 is 21.7 Å². The van der Waals surface area contributed by atoms with Gasteiger partial charge in [0.2, 0.25) is 0 Å². The maximum Gasteiger partial charge on any atom is 0.419 e. The lowest BCUT2D eigenvalue weighted by Gasteiger charge is -2.34. The molecule has 0 spiro atoms. The number of anilines is 3. The van der Waals surface area contributed by atoms with Gasteiger partial charge in [-0.25, -0.2) is 14.6 Å². The number of pyridine rings is 1. The van der Waals surface area contributed by atoms with E-state index < -0.39 is 0 Å². The summed E-state index contributed by atoms with van der Waals surface area (Å²) in [7, 11) is 1.71. The molecule has 1 saturated heterocycles. The van der Waals surface area contributed by atoms with E-state index in [2.05, 4.69) is 32.3 Å². The summed E-state index contributed by atoms with van der Waals surface area (Å²) in [6.45, 7) is 3.68. The number of H-pyrrole nitrogens is 1. The molecular formula is C26H26N6O3. The monoisotopic (exact) mass is 470 g/mol. The highest BCUT2D eigenvalue weighted by Gasteiger charge is 2.24. The van der Waals surface area contributed by atoms with Gasteiger partial charge in [-0.05, 0) is 61.7 Å². The van der Waals surface area contributed by atoms with Gasteiger partial charge in [0, 0.05) is 55.5 Å². The van der Waals surface area contributed by atoms with Crippen molar-refractivity contribution in [2.75, 3.05) is 23.3 Å². The molecule has 0 saturated carbocycles. The van der Waals surface area contributed by atoms with Crippen molar-refractivity contribution < 1.29 is 4.42 Å². The Labute approximate surface area is 200 Å².